The Hall–Kier alpha value is -1.85. The van der Waals surface area contributed by atoms with Crippen molar-refractivity contribution < 1.29 is 9.53 Å². The Bertz CT molecular complexity index is 581. The van der Waals surface area contributed by atoms with E-state index in [0.29, 0.717) is 23.7 Å². The van der Waals surface area contributed by atoms with Gasteiger partial charge in [0.2, 0.25) is 0 Å². The summed E-state index contributed by atoms with van der Waals surface area (Å²) in [6.45, 7) is 0.379. The molecule has 1 aromatic carbocycles. The van der Waals surface area contributed by atoms with Gasteiger partial charge in [-0.2, -0.15) is 5.10 Å². The Kier molecular flexibility index (Phi) is 4.19. The van der Waals surface area contributed by atoms with Gasteiger partial charge in [-0.1, -0.05) is 29.8 Å². The summed E-state index contributed by atoms with van der Waals surface area (Å²) >= 11 is 6.28. The monoisotopic (exact) mass is 279 g/mol. The molecule has 2 aromatic rings. The van der Waals surface area contributed by atoms with Crippen LogP contribution in [0.5, 0.6) is 0 Å². The number of ether oxygens (including phenoxy) is 1. The number of nitrogens with zero attached hydrogens (tertiary/aromatic N) is 2. The molecule has 0 unspecified atom stereocenters. The maximum atomic E-state index is 11.7. The van der Waals surface area contributed by atoms with Gasteiger partial charge < -0.3 is 10.5 Å². The van der Waals surface area contributed by atoms with E-state index >= 15 is 0 Å². The lowest BCUT2D eigenvalue weighted by molar-refractivity contribution is 0.0592. The minimum atomic E-state index is -0.514. The molecule has 6 heteroatoms. The number of carbonyl (C=O) groups excluding carboxylic acids is 1. The maximum Gasteiger partial charge on any atom is 0.358 e. The van der Waals surface area contributed by atoms with E-state index in [1.54, 1.807) is 0 Å². The van der Waals surface area contributed by atoms with Crippen LogP contribution in [0.25, 0.3) is 5.69 Å². The van der Waals surface area contributed by atoms with E-state index in [2.05, 4.69) is 5.10 Å². The molecule has 0 aliphatic carbocycles. The van der Waals surface area contributed by atoms with E-state index in [1.807, 2.05) is 30.3 Å². The summed E-state index contributed by atoms with van der Waals surface area (Å²) in [7, 11) is 1.31. The number of para-hydroxylation sites is 1. The van der Waals surface area contributed by atoms with E-state index in [0.717, 1.165) is 5.69 Å². The molecule has 0 atom stereocenters. The molecule has 0 amide bonds. The molecule has 0 aliphatic rings. The fraction of sp³-hybridized carbons (Fsp3) is 0.231. The zero-order chi connectivity index (χ0) is 13.8. The number of carbonyl (C=O) groups is 1. The molecule has 1 aromatic heterocycles. The van der Waals surface area contributed by atoms with Gasteiger partial charge >= 0.3 is 5.97 Å². The predicted octanol–water partition coefficient (Wildman–Crippen LogP) is 1.81. The number of methoxy groups -OCH3 is 1. The lowest BCUT2D eigenvalue weighted by Crippen LogP contribution is -2.09. The highest BCUT2D eigenvalue weighted by Crippen LogP contribution is 2.24. The topological polar surface area (TPSA) is 70.1 Å². The molecule has 0 saturated carbocycles. The van der Waals surface area contributed by atoms with Gasteiger partial charge in [0.05, 0.1) is 12.8 Å². The number of esters is 1. The van der Waals surface area contributed by atoms with Gasteiger partial charge in [0.15, 0.2) is 5.69 Å². The van der Waals surface area contributed by atoms with Crippen molar-refractivity contribution in [2.75, 3.05) is 13.7 Å². The Morgan fingerprint density at radius 1 is 1.42 bits per heavy atom. The zero-order valence-electron chi connectivity index (χ0n) is 10.5. The third kappa shape index (κ3) is 2.62. The summed E-state index contributed by atoms with van der Waals surface area (Å²) in [5, 5.41) is 4.61. The first-order valence-corrected chi connectivity index (χ1v) is 6.18. The third-order valence-corrected chi connectivity index (χ3v) is 3.08. The first-order valence-electron chi connectivity index (χ1n) is 5.80. The molecule has 2 rings (SSSR count). The summed E-state index contributed by atoms with van der Waals surface area (Å²) in [5.41, 5.74) is 7.14. The normalized spacial score (nSPS) is 10.5. The van der Waals surface area contributed by atoms with Crippen molar-refractivity contribution in [2.24, 2.45) is 5.73 Å². The van der Waals surface area contributed by atoms with Crippen molar-refractivity contribution in [3.05, 3.63) is 46.7 Å². The second-order valence-corrected chi connectivity index (χ2v) is 4.25. The Morgan fingerprint density at radius 2 is 2.11 bits per heavy atom. The van der Waals surface area contributed by atoms with Crippen molar-refractivity contribution in [1.29, 1.82) is 0 Å². The van der Waals surface area contributed by atoms with Crippen molar-refractivity contribution in [3.63, 3.8) is 0 Å². The van der Waals surface area contributed by atoms with Crippen LogP contribution in [0, 0.1) is 0 Å². The summed E-state index contributed by atoms with van der Waals surface area (Å²) < 4.78 is 6.23. The van der Waals surface area contributed by atoms with Crippen LogP contribution in [0.4, 0.5) is 0 Å². The van der Waals surface area contributed by atoms with Gasteiger partial charge in [-0.3, -0.25) is 0 Å². The molecule has 0 saturated heterocycles. The Balaban J connectivity index is 2.55. The van der Waals surface area contributed by atoms with Gasteiger partial charge in [0.1, 0.15) is 5.15 Å². The number of hydrogen-bond acceptors (Lipinski definition) is 4. The van der Waals surface area contributed by atoms with Crippen LogP contribution < -0.4 is 5.73 Å². The average Bonchev–Trinajstić information content (AvgIpc) is 2.77. The molecule has 0 bridgehead atoms. The quantitative estimate of drug-likeness (QED) is 0.867. The molecule has 0 radical (unpaired) electrons. The lowest BCUT2D eigenvalue weighted by Gasteiger charge is -2.02. The summed E-state index contributed by atoms with van der Waals surface area (Å²) in [4.78, 5) is 11.7. The van der Waals surface area contributed by atoms with Gasteiger partial charge in [-0.05, 0) is 25.1 Å². The SMILES string of the molecule is COC(=O)c1nn(-c2ccccc2)c(Cl)c1CCN. The van der Waals surface area contributed by atoms with E-state index in [-0.39, 0.29) is 5.69 Å². The number of nitrogens with two attached hydrogens (primary N) is 1. The largest absolute Gasteiger partial charge is 0.464 e. The molecule has 2 N–H and O–H groups in total. The molecule has 0 fully saturated rings. The minimum Gasteiger partial charge on any atom is -0.464 e. The predicted molar refractivity (Wildman–Crippen MR) is 72.7 cm³/mol. The van der Waals surface area contributed by atoms with Crippen molar-refractivity contribution >= 4 is 17.6 Å². The third-order valence-electron chi connectivity index (χ3n) is 2.69. The lowest BCUT2D eigenvalue weighted by atomic mass is 10.2. The molecule has 1 heterocycles. The van der Waals surface area contributed by atoms with E-state index in [9.17, 15) is 4.79 Å². The van der Waals surface area contributed by atoms with E-state index in [1.165, 1.54) is 11.8 Å². The second-order valence-electron chi connectivity index (χ2n) is 3.90. The Morgan fingerprint density at radius 3 is 2.68 bits per heavy atom. The number of halogens is 1. The van der Waals surface area contributed by atoms with E-state index < -0.39 is 5.97 Å². The molecule has 0 aliphatic heterocycles. The van der Waals surface area contributed by atoms with Crippen LogP contribution >= 0.6 is 11.6 Å². The van der Waals surface area contributed by atoms with Crippen molar-refractivity contribution in [3.8, 4) is 5.69 Å². The minimum absolute atomic E-state index is 0.210. The van der Waals surface area contributed by atoms with Crippen molar-refractivity contribution in [2.45, 2.75) is 6.42 Å². The number of rotatable bonds is 4. The summed E-state index contributed by atoms with van der Waals surface area (Å²) in [6, 6.07) is 9.34. The summed E-state index contributed by atoms with van der Waals surface area (Å²) in [6.07, 6.45) is 0.468. The number of hydrogen-bond donors (Lipinski definition) is 1. The van der Waals surface area contributed by atoms with Gasteiger partial charge in [0, 0.05) is 5.56 Å². The number of benzene rings is 1. The van der Waals surface area contributed by atoms with Crippen LogP contribution in [0.3, 0.4) is 0 Å². The van der Waals surface area contributed by atoms with Gasteiger partial charge in [0.25, 0.3) is 0 Å². The first-order chi connectivity index (χ1) is 9.19. The molecule has 5 nitrogen and oxygen atoms in total. The van der Waals surface area contributed by atoms with Crippen LogP contribution in [-0.2, 0) is 11.2 Å². The van der Waals surface area contributed by atoms with Crippen molar-refractivity contribution in [1.82, 2.24) is 9.78 Å². The highest BCUT2D eigenvalue weighted by molar-refractivity contribution is 6.31. The fourth-order valence-electron chi connectivity index (χ4n) is 1.80. The second kappa shape index (κ2) is 5.86. The van der Waals surface area contributed by atoms with Crippen LogP contribution in [0.15, 0.2) is 30.3 Å². The highest BCUT2D eigenvalue weighted by Gasteiger charge is 2.22. The summed E-state index contributed by atoms with van der Waals surface area (Å²) in [5.74, 6) is -0.514. The fourth-order valence-corrected chi connectivity index (χ4v) is 2.12. The Labute approximate surface area is 115 Å². The molecule has 100 valence electrons. The maximum absolute atomic E-state index is 11.7. The molecular weight excluding hydrogens is 266 g/mol. The standard InChI is InChI=1S/C13H14ClN3O2/c1-19-13(18)11-10(7-8-15)12(14)17(16-11)9-5-3-2-4-6-9/h2-6H,7-8,15H2,1H3. The van der Waals surface area contributed by atoms with Crippen LogP contribution in [-0.4, -0.2) is 29.4 Å². The first kappa shape index (κ1) is 13.6. The van der Waals surface area contributed by atoms with Crippen LogP contribution in [0.2, 0.25) is 5.15 Å². The molecule has 0 spiro atoms. The van der Waals surface area contributed by atoms with Gasteiger partial charge in [-0.25, -0.2) is 9.48 Å². The average molecular weight is 280 g/mol. The smallest absolute Gasteiger partial charge is 0.358 e. The molecule has 19 heavy (non-hydrogen) atoms. The van der Waals surface area contributed by atoms with E-state index in [4.69, 9.17) is 22.1 Å². The zero-order valence-corrected chi connectivity index (χ0v) is 11.2. The highest BCUT2D eigenvalue weighted by atomic mass is 35.5. The van der Waals surface area contributed by atoms with Gasteiger partial charge in [-0.15, -0.1) is 0 Å². The van der Waals surface area contributed by atoms with Crippen LogP contribution in [0.1, 0.15) is 16.1 Å². The number of aromatic nitrogens is 2. The molecular formula is C13H14ClN3O2.